The highest BCUT2D eigenvalue weighted by atomic mass is 16.7. The lowest BCUT2D eigenvalue weighted by atomic mass is 9.44. The van der Waals surface area contributed by atoms with Crippen molar-refractivity contribution in [3.05, 3.63) is 154 Å². The number of hydrogen-bond donors (Lipinski definition) is 4. The Morgan fingerprint density at radius 1 is 0.790 bits per heavy atom. The number of carbonyl (C=O) groups is 8. The van der Waals surface area contributed by atoms with Gasteiger partial charge >= 0.3 is 30.0 Å². The highest BCUT2D eigenvalue weighted by Crippen LogP contribution is 2.64. The van der Waals surface area contributed by atoms with Crippen LogP contribution in [0.1, 0.15) is 118 Å². The number of Topliss-reactive ketones (excluding diaryl/α,β-unsaturated/α-hetero) is 2. The molecule has 1 aliphatic heterocycles. The largest absolute Gasteiger partial charge is 0.509 e. The van der Waals surface area contributed by atoms with E-state index in [0.717, 1.165) is 13.8 Å². The SMILES string of the molecule is CC(=O)O[C@H]1C(=O)[C@@]2(C)C(C(OC(=O)c3ccccc3)[C@]3(O)C[C@H](OC(=O)[C@H](OC(=O)OCc4ccc(CC(=O)[C@H](N)CC(C)C)cc4)[C@@H](NC(=O)c4ccccc4)c4ccccc4)C(C)=C1C3(C)C)[C@]1(OC(C)=O)CO[C@@H]1C[C@@H]2O. The molecule has 0 aromatic heterocycles. The Morgan fingerprint density at radius 2 is 1.38 bits per heavy atom. The van der Waals surface area contributed by atoms with Gasteiger partial charge in [-0.3, -0.25) is 24.0 Å². The molecular formula is C62H70N2O17. The summed E-state index contributed by atoms with van der Waals surface area (Å²) < 4.78 is 42.5. The quantitative estimate of drug-likeness (QED) is 0.0465. The van der Waals surface area contributed by atoms with Crippen LogP contribution < -0.4 is 11.1 Å². The molecular weight excluding hydrogens is 1040 g/mol. The van der Waals surface area contributed by atoms with Crippen molar-refractivity contribution in [3.8, 4) is 0 Å². The Morgan fingerprint density at radius 3 is 1.95 bits per heavy atom. The predicted molar refractivity (Wildman–Crippen MR) is 289 cm³/mol. The van der Waals surface area contributed by atoms with Gasteiger partial charge in [-0.1, -0.05) is 119 Å². The summed E-state index contributed by atoms with van der Waals surface area (Å²) in [5, 5.41) is 29.1. The van der Waals surface area contributed by atoms with Gasteiger partial charge in [-0.05, 0) is 78.3 Å². The van der Waals surface area contributed by atoms with Crippen molar-refractivity contribution in [3.63, 3.8) is 0 Å². The molecule has 3 aliphatic carbocycles. The zero-order valence-corrected chi connectivity index (χ0v) is 46.6. The maximum atomic E-state index is 15.8. The Kier molecular flexibility index (Phi) is 17.5. The normalized spacial score (nSPS) is 27.4. The summed E-state index contributed by atoms with van der Waals surface area (Å²) >= 11 is 0. The first-order valence-electron chi connectivity index (χ1n) is 27.0. The molecule has 8 rings (SSSR count). The first-order valence-corrected chi connectivity index (χ1v) is 27.0. The van der Waals surface area contributed by atoms with E-state index < -0.39 is 125 Å². The Bertz CT molecular complexity index is 3060. The van der Waals surface area contributed by atoms with E-state index in [4.69, 9.17) is 38.9 Å². The highest BCUT2D eigenvalue weighted by molar-refractivity contribution is 5.96. The van der Waals surface area contributed by atoms with E-state index in [1.165, 1.54) is 52.0 Å². The summed E-state index contributed by atoms with van der Waals surface area (Å²) in [6.07, 6.45) is -11.9. The van der Waals surface area contributed by atoms with Crippen molar-refractivity contribution in [2.45, 2.75) is 148 Å². The molecule has 4 aromatic rings. The number of ketones is 2. The molecule has 5 N–H and O–H groups in total. The summed E-state index contributed by atoms with van der Waals surface area (Å²) in [5.74, 6) is -7.15. The number of ether oxygens (including phenoxy) is 7. The molecule has 1 heterocycles. The maximum absolute atomic E-state index is 15.8. The van der Waals surface area contributed by atoms with Crippen LogP contribution in [0.4, 0.5) is 4.79 Å². The standard InChI is InChI=1S/C62H70N2O17/c1-34(2)28-43(63)44(67)29-38-24-26-39(27-25-38)32-75-58(73)79-51(49(40-18-12-9-13-19-40)64-55(70)41-20-14-10-15-21-41)57(72)78-45-31-62(74)54(80-56(71)42-22-16-11-17-23-42)52-60(8,46(68)30-47-61(52,33-76-47)81-37(5)66)53(69)50(77-36(4)65)48(35(45)3)59(62,6)7/h9-27,34,43,45-47,49-52,54,68,74H,28-33,63H2,1-8H3,(H,64,70)/t43-,45+,46+,47-,49+,50-,51-,52?,54?,60-,61+,62-/m1/s1. The molecule has 4 aromatic carbocycles. The van der Waals surface area contributed by atoms with E-state index in [9.17, 15) is 39.0 Å². The number of carbonyl (C=O) groups excluding carboxylic acids is 8. The topological polar surface area (TPSA) is 280 Å². The molecule has 2 bridgehead atoms. The summed E-state index contributed by atoms with van der Waals surface area (Å²) in [6, 6.07) is 28.5. The number of fused-ring (bicyclic) bond motifs is 5. The van der Waals surface area contributed by atoms with Crippen molar-refractivity contribution >= 4 is 47.5 Å². The Balaban J connectivity index is 1.22. The van der Waals surface area contributed by atoms with E-state index in [-0.39, 0.29) is 65.6 Å². The Hall–Kier alpha value is -7.58. The average Bonchev–Trinajstić information content (AvgIpc) is 3.33. The van der Waals surface area contributed by atoms with E-state index in [1.807, 2.05) is 13.8 Å². The molecule has 19 heteroatoms. The lowest BCUT2D eigenvalue weighted by molar-refractivity contribution is -0.346. The minimum Gasteiger partial charge on any atom is -0.455 e. The summed E-state index contributed by atoms with van der Waals surface area (Å²) in [7, 11) is 0. The fourth-order valence-electron chi connectivity index (χ4n) is 12.3. The number of esters is 4. The van der Waals surface area contributed by atoms with Crippen LogP contribution in [-0.4, -0.2) is 118 Å². The van der Waals surface area contributed by atoms with Gasteiger partial charge in [0.2, 0.25) is 6.10 Å². The zero-order valence-electron chi connectivity index (χ0n) is 46.6. The smallest absolute Gasteiger partial charge is 0.455 e. The maximum Gasteiger partial charge on any atom is 0.509 e. The van der Waals surface area contributed by atoms with Crippen LogP contribution >= 0.6 is 0 Å². The van der Waals surface area contributed by atoms with Gasteiger partial charge in [-0.15, -0.1) is 0 Å². The van der Waals surface area contributed by atoms with Crippen LogP contribution in [0.2, 0.25) is 0 Å². The third kappa shape index (κ3) is 11.8. The molecule has 0 radical (unpaired) electrons. The van der Waals surface area contributed by atoms with Crippen molar-refractivity contribution in [1.29, 1.82) is 0 Å². The molecule has 1 amide bonds. The molecule has 4 aliphatic rings. The number of nitrogens with one attached hydrogen (secondary N) is 1. The lowest BCUT2D eigenvalue weighted by Crippen LogP contribution is -2.82. The van der Waals surface area contributed by atoms with Gasteiger partial charge in [-0.2, -0.15) is 0 Å². The number of aliphatic hydroxyl groups is 2. The number of amides is 1. The number of aliphatic hydroxyl groups excluding tert-OH is 1. The first kappa shape index (κ1) is 59.5. The van der Waals surface area contributed by atoms with Crippen LogP contribution in [0.3, 0.4) is 0 Å². The minimum atomic E-state index is -2.51. The molecule has 0 spiro atoms. The van der Waals surface area contributed by atoms with Gasteiger partial charge in [0.05, 0.1) is 35.6 Å². The van der Waals surface area contributed by atoms with Crippen LogP contribution in [0.15, 0.2) is 126 Å². The van der Waals surface area contributed by atoms with Crippen molar-refractivity contribution < 1.29 is 81.7 Å². The summed E-state index contributed by atoms with van der Waals surface area (Å²) in [5.41, 5.74) is -0.453. The van der Waals surface area contributed by atoms with Crippen molar-refractivity contribution in [2.75, 3.05) is 6.61 Å². The van der Waals surface area contributed by atoms with Crippen LogP contribution in [0.5, 0.6) is 0 Å². The van der Waals surface area contributed by atoms with Crippen molar-refractivity contribution in [2.24, 2.45) is 28.4 Å². The Labute approximate surface area is 469 Å². The van der Waals surface area contributed by atoms with Gasteiger partial charge in [0.25, 0.3) is 5.91 Å². The van der Waals surface area contributed by atoms with Gasteiger partial charge in [-0.25, -0.2) is 14.4 Å². The predicted octanol–water partition coefficient (Wildman–Crippen LogP) is 6.58. The average molecular weight is 1120 g/mol. The van der Waals surface area contributed by atoms with Gasteiger partial charge in [0.15, 0.2) is 23.3 Å². The van der Waals surface area contributed by atoms with E-state index in [0.29, 0.717) is 17.5 Å². The third-order valence-corrected chi connectivity index (χ3v) is 16.6. The minimum absolute atomic E-state index is 0.0272. The molecule has 1 saturated heterocycles. The van der Waals surface area contributed by atoms with Crippen LogP contribution in [0, 0.1) is 22.7 Å². The first-order chi connectivity index (χ1) is 38.3. The zero-order chi connectivity index (χ0) is 58.8. The number of rotatable bonds is 18. The second kappa shape index (κ2) is 23.9. The molecule has 2 unspecified atom stereocenters. The summed E-state index contributed by atoms with van der Waals surface area (Å²) in [4.78, 5) is 113. The molecule has 19 nitrogen and oxygen atoms in total. The lowest BCUT2D eigenvalue weighted by Gasteiger charge is -2.67. The molecule has 81 heavy (non-hydrogen) atoms. The van der Waals surface area contributed by atoms with E-state index >= 15 is 9.59 Å². The van der Waals surface area contributed by atoms with Gasteiger partial charge in [0, 0.05) is 44.1 Å². The highest BCUT2D eigenvalue weighted by Gasteiger charge is 2.78. The van der Waals surface area contributed by atoms with Gasteiger partial charge < -0.3 is 54.4 Å². The monoisotopic (exact) mass is 1110 g/mol. The molecule has 3 fully saturated rings. The fourth-order valence-corrected chi connectivity index (χ4v) is 12.3. The number of nitrogens with two attached hydrogens (primary N) is 1. The van der Waals surface area contributed by atoms with Crippen molar-refractivity contribution in [1.82, 2.24) is 5.32 Å². The van der Waals surface area contributed by atoms with Gasteiger partial charge in [0.1, 0.15) is 36.6 Å². The second-order valence-corrected chi connectivity index (χ2v) is 22.7. The third-order valence-electron chi connectivity index (χ3n) is 16.6. The molecule has 2 saturated carbocycles. The molecule has 430 valence electrons. The summed E-state index contributed by atoms with van der Waals surface area (Å²) in [6.45, 7) is 11.4. The van der Waals surface area contributed by atoms with E-state index in [2.05, 4.69) is 5.32 Å². The number of hydrogen-bond acceptors (Lipinski definition) is 18. The second-order valence-electron chi connectivity index (χ2n) is 22.7. The van der Waals surface area contributed by atoms with Crippen LogP contribution in [0.25, 0.3) is 0 Å². The fraction of sp³-hybridized carbons (Fsp3) is 0.452. The number of benzene rings is 4. The van der Waals surface area contributed by atoms with E-state index in [1.54, 1.807) is 91.0 Å². The molecule has 12 atom stereocenters. The van der Waals surface area contributed by atoms with Crippen LogP contribution in [-0.2, 0) is 70.2 Å².